The second-order valence-electron chi connectivity index (χ2n) is 7.05. The van der Waals surface area contributed by atoms with Gasteiger partial charge >= 0.3 is 0 Å². The van der Waals surface area contributed by atoms with Gasteiger partial charge in [-0.25, -0.2) is 0 Å². The van der Waals surface area contributed by atoms with Gasteiger partial charge in [0.25, 0.3) is 0 Å². The molecule has 2 N–H and O–H groups in total. The molecule has 0 bridgehead atoms. The first-order chi connectivity index (χ1) is 9.48. The maximum atomic E-state index is 6.70. The van der Waals surface area contributed by atoms with Crippen molar-refractivity contribution in [3.8, 4) is 0 Å². The fourth-order valence-corrected chi connectivity index (χ4v) is 3.49. The second kappa shape index (κ2) is 6.73. The van der Waals surface area contributed by atoms with Crippen LogP contribution in [0, 0.1) is 5.92 Å². The van der Waals surface area contributed by atoms with Crippen LogP contribution >= 0.6 is 0 Å². The Hall–Kier alpha value is -0.860. The van der Waals surface area contributed by atoms with Gasteiger partial charge in [0.1, 0.15) is 0 Å². The average Bonchev–Trinajstić information content (AvgIpc) is 2.38. The van der Waals surface area contributed by atoms with Crippen LogP contribution in [0.4, 0.5) is 0 Å². The molecule has 2 heteroatoms. The first-order valence-electron chi connectivity index (χ1n) is 8.05. The highest BCUT2D eigenvalue weighted by molar-refractivity contribution is 5.14. The maximum Gasteiger partial charge on any atom is 0.0286 e. The van der Waals surface area contributed by atoms with Gasteiger partial charge in [-0.15, -0.1) is 0 Å². The fourth-order valence-electron chi connectivity index (χ4n) is 3.49. The van der Waals surface area contributed by atoms with E-state index < -0.39 is 0 Å². The minimum Gasteiger partial charge on any atom is -0.324 e. The lowest BCUT2D eigenvalue weighted by Crippen LogP contribution is -2.53. The zero-order valence-corrected chi connectivity index (χ0v) is 13.3. The van der Waals surface area contributed by atoms with E-state index >= 15 is 0 Å². The molecule has 0 aromatic heterocycles. The van der Waals surface area contributed by atoms with Crippen molar-refractivity contribution in [1.82, 2.24) is 4.90 Å². The van der Waals surface area contributed by atoms with Gasteiger partial charge in [0.15, 0.2) is 0 Å². The van der Waals surface area contributed by atoms with Crippen LogP contribution in [0.25, 0.3) is 0 Å². The third kappa shape index (κ3) is 4.32. The van der Waals surface area contributed by atoms with Gasteiger partial charge in [-0.1, -0.05) is 50.1 Å². The van der Waals surface area contributed by atoms with E-state index in [-0.39, 0.29) is 5.54 Å². The number of nitrogens with two attached hydrogens (primary N) is 1. The highest BCUT2D eigenvalue weighted by Gasteiger charge is 2.33. The molecule has 0 heterocycles. The molecule has 1 aromatic rings. The largest absolute Gasteiger partial charge is 0.324 e. The summed E-state index contributed by atoms with van der Waals surface area (Å²) in [5.74, 6) is 0.777. The Bertz CT molecular complexity index is 401. The SMILES string of the molecule is CC1CCCC(N)(CN(Cc2ccccc2)C(C)C)C1. The number of rotatable bonds is 5. The predicted molar refractivity (Wildman–Crippen MR) is 86.5 cm³/mol. The number of hydrogen-bond acceptors (Lipinski definition) is 2. The van der Waals surface area contributed by atoms with Crippen LogP contribution in [0.3, 0.4) is 0 Å². The lowest BCUT2D eigenvalue weighted by Gasteiger charge is -2.42. The number of nitrogens with zero attached hydrogens (tertiary/aromatic N) is 1. The van der Waals surface area contributed by atoms with Crippen molar-refractivity contribution in [2.75, 3.05) is 6.54 Å². The van der Waals surface area contributed by atoms with Gasteiger partial charge in [-0.3, -0.25) is 4.90 Å². The summed E-state index contributed by atoms with van der Waals surface area (Å²) in [6, 6.07) is 11.3. The van der Waals surface area contributed by atoms with Crippen LogP contribution in [-0.2, 0) is 6.54 Å². The highest BCUT2D eigenvalue weighted by Crippen LogP contribution is 2.31. The van der Waals surface area contributed by atoms with Crippen molar-refractivity contribution in [2.45, 2.75) is 64.6 Å². The van der Waals surface area contributed by atoms with Gasteiger partial charge in [-0.2, -0.15) is 0 Å². The summed E-state index contributed by atoms with van der Waals surface area (Å²) in [5.41, 5.74) is 8.09. The normalized spacial score (nSPS) is 27.2. The third-order valence-electron chi connectivity index (χ3n) is 4.60. The van der Waals surface area contributed by atoms with Gasteiger partial charge in [-0.05, 0) is 38.2 Å². The quantitative estimate of drug-likeness (QED) is 0.885. The monoisotopic (exact) mass is 274 g/mol. The van der Waals surface area contributed by atoms with E-state index in [0.717, 1.165) is 19.0 Å². The molecule has 0 spiro atoms. The molecule has 0 aliphatic heterocycles. The highest BCUT2D eigenvalue weighted by atomic mass is 15.2. The number of benzene rings is 1. The van der Waals surface area contributed by atoms with E-state index in [1.54, 1.807) is 0 Å². The van der Waals surface area contributed by atoms with E-state index in [4.69, 9.17) is 5.73 Å². The van der Waals surface area contributed by atoms with Crippen LogP contribution in [0.5, 0.6) is 0 Å². The molecule has 0 saturated heterocycles. The predicted octanol–water partition coefficient (Wildman–Crippen LogP) is 3.80. The minimum absolute atomic E-state index is 0.0106. The van der Waals surface area contributed by atoms with E-state index in [1.807, 2.05) is 0 Å². The topological polar surface area (TPSA) is 29.3 Å². The second-order valence-corrected chi connectivity index (χ2v) is 7.05. The molecule has 20 heavy (non-hydrogen) atoms. The molecule has 0 amide bonds. The molecule has 1 aliphatic rings. The zero-order valence-electron chi connectivity index (χ0n) is 13.3. The van der Waals surface area contributed by atoms with Crippen molar-refractivity contribution in [3.05, 3.63) is 35.9 Å². The summed E-state index contributed by atoms with van der Waals surface area (Å²) in [6.45, 7) is 8.92. The smallest absolute Gasteiger partial charge is 0.0286 e. The maximum absolute atomic E-state index is 6.70. The molecule has 1 fully saturated rings. The summed E-state index contributed by atoms with van der Waals surface area (Å²) >= 11 is 0. The van der Waals surface area contributed by atoms with Gasteiger partial charge in [0.2, 0.25) is 0 Å². The number of hydrogen-bond donors (Lipinski definition) is 1. The third-order valence-corrected chi connectivity index (χ3v) is 4.60. The standard InChI is InChI=1S/C18H30N2/c1-15(2)20(13-17-9-5-4-6-10-17)14-18(19)11-7-8-16(3)12-18/h4-6,9-10,15-16H,7-8,11-14,19H2,1-3H3. The van der Waals surface area contributed by atoms with Crippen molar-refractivity contribution in [1.29, 1.82) is 0 Å². The molecular formula is C18H30N2. The molecule has 1 saturated carbocycles. The van der Waals surface area contributed by atoms with Gasteiger partial charge < -0.3 is 5.73 Å². The van der Waals surface area contributed by atoms with E-state index in [0.29, 0.717) is 6.04 Å². The molecule has 2 unspecified atom stereocenters. The molecule has 1 aliphatic carbocycles. The van der Waals surface area contributed by atoms with Crippen LogP contribution < -0.4 is 5.73 Å². The van der Waals surface area contributed by atoms with Crippen LogP contribution in [0.15, 0.2) is 30.3 Å². The Labute approximate surface area is 124 Å². The summed E-state index contributed by atoms with van der Waals surface area (Å²) in [7, 11) is 0. The molecule has 2 rings (SSSR count). The van der Waals surface area contributed by atoms with Gasteiger partial charge in [0, 0.05) is 24.7 Å². The average molecular weight is 274 g/mol. The summed E-state index contributed by atoms with van der Waals surface area (Å²) < 4.78 is 0. The lowest BCUT2D eigenvalue weighted by atomic mass is 9.76. The molecular weight excluding hydrogens is 244 g/mol. The van der Waals surface area contributed by atoms with Crippen LogP contribution in [0.1, 0.15) is 52.0 Å². The first kappa shape index (κ1) is 15.5. The summed E-state index contributed by atoms with van der Waals surface area (Å²) in [4.78, 5) is 2.54. The Balaban J connectivity index is 2.02. The van der Waals surface area contributed by atoms with Crippen molar-refractivity contribution >= 4 is 0 Å². The van der Waals surface area contributed by atoms with Gasteiger partial charge in [0.05, 0.1) is 0 Å². The van der Waals surface area contributed by atoms with E-state index in [9.17, 15) is 0 Å². The molecule has 112 valence electrons. The van der Waals surface area contributed by atoms with E-state index in [1.165, 1.54) is 31.2 Å². The lowest BCUT2D eigenvalue weighted by molar-refractivity contribution is 0.121. The summed E-state index contributed by atoms with van der Waals surface area (Å²) in [5, 5.41) is 0. The van der Waals surface area contributed by atoms with Crippen molar-refractivity contribution in [2.24, 2.45) is 11.7 Å². The molecule has 1 aromatic carbocycles. The Kier molecular flexibility index (Phi) is 5.22. The molecule has 2 atom stereocenters. The molecule has 0 radical (unpaired) electrons. The Morgan fingerprint density at radius 2 is 2.00 bits per heavy atom. The fraction of sp³-hybridized carbons (Fsp3) is 0.667. The molecule has 2 nitrogen and oxygen atoms in total. The minimum atomic E-state index is 0.0106. The Morgan fingerprint density at radius 3 is 2.60 bits per heavy atom. The van der Waals surface area contributed by atoms with Crippen LogP contribution in [0.2, 0.25) is 0 Å². The van der Waals surface area contributed by atoms with Crippen molar-refractivity contribution < 1.29 is 0 Å². The van der Waals surface area contributed by atoms with E-state index in [2.05, 4.69) is 56.0 Å². The Morgan fingerprint density at radius 1 is 1.30 bits per heavy atom. The zero-order chi connectivity index (χ0) is 14.6. The first-order valence-corrected chi connectivity index (χ1v) is 8.05. The van der Waals surface area contributed by atoms with Crippen molar-refractivity contribution in [3.63, 3.8) is 0 Å². The summed E-state index contributed by atoms with van der Waals surface area (Å²) in [6.07, 6.45) is 4.98. The van der Waals surface area contributed by atoms with Crippen LogP contribution in [-0.4, -0.2) is 23.0 Å².